The highest BCUT2D eigenvalue weighted by atomic mass is 19.4. The summed E-state index contributed by atoms with van der Waals surface area (Å²) in [4.78, 5) is 14.0. The summed E-state index contributed by atoms with van der Waals surface area (Å²) in [6.45, 7) is 2.79. The van der Waals surface area contributed by atoms with E-state index in [1.807, 2.05) is 0 Å². The second kappa shape index (κ2) is 7.34. The van der Waals surface area contributed by atoms with Crippen molar-refractivity contribution in [3.8, 4) is 0 Å². The smallest absolute Gasteiger partial charge is 0.396 e. The van der Waals surface area contributed by atoms with Gasteiger partial charge in [0.1, 0.15) is 0 Å². The molecule has 1 heterocycles. The number of halogens is 3. The molecule has 23 heavy (non-hydrogen) atoms. The van der Waals surface area contributed by atoms with Crippen molar-refractivity contribution in [1.29, 1.82) is 0 Å². The molecular formula is C17H22F3NO2. The lowest BCUT2D eigenvalue weighted by Crippen LogP contribution is -2.41. The largest absolute Gasteiger partial charge is 0.416 e. The maximum absolute atomic E-state index is 13.1. The molecule has 2 rings (SSSR count). The second-order valence-corrected chi connectivity index (χ2v) is 6.22. The molecule has 1 amide bonds. The number of amides is 1. The zero-order valence-electron chi connectivity index (χ0n) is 13.1. The summed E-state index contributed by atoms with van der Waals surface area (Å²) < 4.78 is 39.2. The molecule has 0 bridgehead atoms. The molecule has 0 saturated carbocycles. The number of hydrogen-bond donors (Lipinski definition) is 1. The number of likely N-dealkylation sites (tertiary alicyclic amines) is 1. The highest BCUT2D eigenvalue weighted by Gasteiger charge is 2.35. The topological polar surface area (TPSA) is 40.5 Å². The standard InChI is InChI=1S/C17H22F3NO2/c1-12(14-6-2-3-7-15(14)17(18,19)20)9-16(23)21-8-4-5-13(10-21)11-22/h2-3,6-7,12-13,22H,4-5,8-11H2,1H3. The van der Waals surface area contributed by atoms with E-state index in [2.05, 4.69) is 0 Å². The van der Waals surface area contributed by atoms with Crippen molar-refractivity contribution in [2.75, 3.05) is 19.7 Å². The van der Waals surface area contributed by atoms with Crippen LogP contribution in [0, 0.1) is 5.92 Å². The van der Waals surface area contributed by atoms with Crippen LogP contribution in [0.3, 0.4) is 0 Å². The zero-order valence-corrected chi connectivity index (χ0v) is 13.1. The van der Waals surface area contributed by atoms with Gasteiger partial charge in [-0.1, -0.05) is 25.1 Å². The fraction of sp³-hybridized carbons (Fsp3) is 0.588. The Morgan fingerprint density at radius 3 is 2.74 bits per heavy atom. The summed E-state index contributed by atoms with van der Waals surface area (Å²) >= 11 is 0. The lowest BCUT2D eigenvalue weighted by Gasteiger charge is -2.32. The molecule has 1 aromatic rings. The minimum Gasteiger partial charge on any atom is -0.396 e. The van der Waals surface area contributed by atoms with Crippen molar-refractivity contribution < 1.29 is 23.1 Å². The first-order valence-corrected chi connectivity index (χ1v) is 7.87. The van der Waals surface area contributed by atoms with Crippen LogP contribution < -0.4 is 0 Å². The first kappa shape index (κ1) is 17.8. The molecule has 1 aliphatic heterocycles. The molecule has 128 valence electrons. The predicted octanol–water partition coefficient (Wildman–Crippen LogP) is 3.43. The predicted molar refractivity (Wildman–Crippen MR) is 80.9 cm³/mol. The number of alkyl halides is 3. The molecule has 3 nitrogen and oxygen atoms in total. The van der Waals surface area contributed by atoms with Gasteiger partial charge in [0.05, 0.1) is 5.56 Å². The van der Waals surface area contributed by atoms with E-state index in [1.165, 1.54) is 12.1 Å². The Balaban J connectivity index is 2.07. The van der Waals surface area contributed by atoms with Gasteiger partial charge in [-0.15, -0.1) is 0 Å². The van der Waals surface area contributed by atoms with Crippen LogP contribution in [0.5, 0.6) is 0 Å². The summed E-state index contributed by atoms with van der Waals surface area (Å²) in [7, 11) is 0. The molecule has 0 radical (unpaired) electrons. The maximum atomic E-state index is 13.1. The van der Waals surface area contributed by atoms with E-state index in [0.29, 0.717) is 13.1 Å². The molecule has 1 aliphatic rings. The maximum Gasteiger partial charge on any atom is 0.416 e. The van der Waals surface area contributed by atoms with Crippen LogP contribution in [-0.4, -0.2) is 35.6 Å². The Morgan fingerprint density at radius 1 is 1.39 bits per heavy atom. The van der Waals surface area contributed by atoms with Crippen LogP contribution in [0.25, 0.3) is 0 Å². The van der Waals surface area contributed by atoms with Gasteiger partial charge in [-0.25, -0.2) is 0 Å². The molecule has 0 aromatic heterocycles. The molecule has 2 unspecified atom stereocenters. The van der Waals surface area contributed by atoms with E-state index >= 15 is 0 Å². The fourth-order valence-corrected chi connectivity index (χ4v) is 3.13. The number of carbonyl (C=O) groups is 1. The Morgan fingerprint density at radius 2 is 2.09 bits per heavy atom. The van der Waals surface area contributed by atoms with Crippen molar-refractivity contribution >= 4 is 5.91 Å². The van der Waals surface area contributed by atoms with Gasteiger partial charge in [-0.3, -0.25) is 4.79 Å². The lowest BCUT2D eigenvalue weighted by molar-refractivity contribution is -0.139. The Hall–Kier alpha value is -1.56. The molecule has 1 saturated heterocycles. The molecule has 0 aliphatic carbocycles. The number of aliphatic hydroxyl groups is 1. The molecule has 1 aromatic carbocycles. The first-order valence-electron chi connectivity index (χ1n) is 7.87. The summed E-state index contributed by atoms with van der Waals surface area (Å²) in [5, 5.41) is 9.21. The minimum atomic E-state index is -4.42. The third-order valence-electron chi connectivity index (χ3n) is 4.41. The molecule has 1 N–H and O–H groups in total. The fourth-order valence-electron chi connectivity index (χ4n) is 3.13. The van der Waals surface area contributed by atoms with Crippen LogP contribution in [0.4, 0.5) is 13.2 Å². The van der Waals surface area contributed by atoms with Gasteiger partial charge < -0.3 is 10.0 Å². The van der Waals surface area contributed by atoms with Crippen molar-refractivity contribution in [2.24, 2.45) is 5.92 Å². The number of nitrogens with zero attached hydrogens (tertiary/aromatic N) is 1. The van der Waals surface area contributed by atoms with E-state index < -0.39 is 17.7 Å². The van der Waals surface area contributed by atoms with Crippen molar-refractivity contribution in [1.82, 2.24) is 4.90 Å². The lowest BCUT2D eigenvalue weighted by atomic mass is 9.91. The summed E-state index contributed by atoms with van der Waals surface area (Å²) in [5.74, 6) is -0.576. The van der Waals surface area contributed by atoms with Gasteiger partial charge in [0, 0.05) is 26.1 Å². The number of piperidine rings is 1. The van der Waals surface area contributed by atoms with Crippen molar-refractivity contribution in [3.05, 3.63) is 35.4 Å². The van der Waals surface area contributed by atoms with Gasteiger partial charge in [-0.2, -0.15) is 13.2 Å². The van der Waals surface area contributed by atoms with Gasteiger partial charge in [0.15, 0.2) is 0 Å². The molecule has 6 heteroatoms. The number of carbonyl (C=O) groups excluding carboxylic acids is 1. The SMILES string of the molecule is CC(CC(=O)N1CCCC(CO)C1)c1ccccc1C(F)(F)F. The quantitative estimate of drug-likeness (QED) is 0.919. The van der Waals surface area contributed by atoms with E-state index in [4.69, 9.17) is 0 Å². The molecule has 2 atom stereocenters. The number of hydrogen-bond acceptors (Lipinski definition) is 2. The van der Waals surface area contributed by atoms with Crippen LogP contribution in [0.2, 0.25) is 0 Å². The van der Waals surface area contributed by atoms with E-state index in [-0.39, 0.29) is 30.4 Å². The first-order chi connectivity index (χ1) is 10.8. The third kappa shape index (κ3) is 4.47. The average molecular weight is 329 g/mol. The molecular weight excluding hydrogens is 307 g/mol. The summed E-state index contributed by atoms with van der Waals surface area (Å²) in [6.07, 6.45) is -2.66. The molecule has 0 spiro atoms. The number of rotatable bonds is 4. The highest BCUT2D eigenvalue weighted by Crippen LogP contribution is 2.36. The summed E-state index contributed by atoms with van der Waals surface area (Å²) in [6, 6.07) is 5.41. The van der Waals surface area contributed by atoms with Gasteiger partial charge in [0.25, 0.3) is 0 Å². The Labute approximate surface area is 134 Å². The normalized spacial score (nSPS) is 20.4. The summed E-state index contributed by atoms with van der Waals surface area (Å²) in [5.41, 5.74) is -0.517. The van der Waals surface area contributed by atoms with Crippen LogP contribution in [-0.2, 0) is 11.0 Å². The number of benzene rings is 1. The van der Waals surface area contributed by atoms with E-state index in [1.54, 1.807) is 17.9 Å². The third-order valence-corrected chi connectivity index (χ3v) is 4.41. The number of aliphatic hydroxyl groups excluding tert-OH is 1. The monoisotopic (exact) mass is 329 g/mol. The van der Waals surface area contributed by atoms with Crippen molar-refractivity contribution in [3.63, 3.8) is 0 Å². The Bertz CT molecular complexity index is 545. The second-order valence-electron chi connectivity index (χ2n) is 6.22. The van der Waals surface area contributed by atoms with E-state index in [9.17, 15) is 23.1 Å². The Kier molecular flexibility index (Phi) is 5.68. The van der Waals surface area contributed by atoms with Crippen LogP contribution in [0.1, 0.15) is 43.2 Å². The van der Waals surface area contributed by atoms with Gasteiger partial charge in [-0.05, 0) is 36.3 Å². The average Bonchev–Trinajstić information content (AvgIpc) is 2.54. The van der Waals surface area contributed by atoms with Gasteiger partial charge >= 0.3 is 6.18 Å². The van der Waals surface area contributed by atoms with Gasteiger partial charge in [0.2, 0.25) is 5.91 Å². The van der Waals surface area contributed by atoms with Crippen LogP contribution >= 0.6 is 0 Å². The molecule has 1 fully saturated rings. The van der Waals surface area contributed by atoms with E-state index in [0.717, 1.165) is 18.9 Å². The van der Waals surface area contributed by atoms with Crippen molar-refractivity contribution in [2.45, 2.75) is 38.3 Å². The zero-order chi connectivity index (χ0) is 17.0. The highest BCUT2D eigenvalue weighted by molar-refractivity contribution is 5.77. The minimum absolute atomic E-state index is 0.0379. The van der Waals surface area contributed by atoms with Crippen LogP contribution in [0.15, 0.2) is 24.3 Å².